The van der Waals surface area contributed by atoms with Gasteiger partial charge in [0.2, 0.25) is 5.60 Å². The molecule has 0 radical (unpaired) electrons. The molecule has 3 rings (SSSR count). The standard InChI is InChI=1S/C15H16N2O4/c18-10-12-6-7-15(21-12)13(16-20)9-17(14(15)19)8-11-4-2-1-3-5-11/h1-7,12,18,20H,8-10H2/b16-13+/t12-,15-/m0/s1. The van der Waals surface area contributed by atoms with E-state index in [1.54, 1.807) is 17.1 Å². The Balaban J connectivity index is 1.85. The predicted octanol–water partition coefficient (Wildman–Crippen LogP) is 0.545. The van der Waals surface area contributed by atoms with Crippen LogP contribution < -0.4 is 0 Å². The highest BCUT2D eigenvalue weighted by atomic mass is 16.5. The molecule has 1 saturated heterocycles. The van der Waals surface area contributed by atoms with Crippen LogP contribution >= 0.6 is 0 Å². The molecule has 2 aliphatic heterocycles. The maximum atomic E-state index is 12.6. The second-order valence-electron chi connectivity index (χ2n) is 5.13. The molecule has 0 bridgehead atoms. The third-order valence-electron chi connectivity index (χ3n) is 3.77. The molecule has 1 amide bonds. The quantitative estimate of drug-likeness (QED) is 0.483. The zero-order chi connectivity index (χ0) is 14.9. The first-order chi connectivity index (χ1) is 10.2. The summed E-state index contributed by atoms with van der Waals surface area (Å²) in [5.41, 5.74) is -0.131. The zero-order valence-electron chi connectivity index (χ0n) is 11.3. The summed E-state index contributed by atoms with van der Waals surface area (Å²) >= 11 is 0. The highest BCUT2D eigenvalue weighted by Crippen LogP contribution is 2.33. The minimum atomic E-state index is -1.36. The van der Waals surface area contributed by atoms with Gasteiger partial charge in [-0.1, -0.05) is 41.6 Å². The Labute approximate surface area is 121 Å². The normalized spacial score (nSPS) is 30.0. The lowest BCUT2D eigenvalue weighted by molar-refractivity contribution is -0.143. The van der Waals surface area contributed by atoms with E-state index in [0.717, 1.165) is 5.56 Å². The molecule has 2 atom stereocenters. The molecule has 0 unspecified atom stereocenters. The first-order valence-electron chi connectivity index (χ1n) is 6.72. The number of ether oxygens (including phenoxy) is 1. The van der Waals surface area contributed by atoms with Gasteiger partial charge in [0.1, 0.15) is 11.8 Å². The Hall–Kier alpha value is -2.18. The maximum Gasteiger partial charge on any atom is 0.265 e. The molecule has 0 aliphatic carbocycles. The summed E-state index contributed by atoms with van der Waals surface area (Å²) in [5.74, 6) is -0.272. The van der Waals surface area contributed by atoms with Gasteiger partial charge in [-0.15, -0.1) is 0 Å². The van der Waals surface area contributed by atoms with Crippen LogP contribution in [0.1, 0.15) is 5.56 Å². The molecule has 6 nitrogen and oxygen atoms in total. The molecular formula is C15H16N2O4. The highest BCUT2D eigenvalue weighted by Gasteiger charge is 2.55. The third-order valence-corrected chi connectivity index (χ3v) is 3.77. The van der Waals surface area contributed by atoms with Crippen LogP contribution in [-0.4, -0.2) is 51.7 Å². The fourth-order valence-electron chi connectivity index (χ4n) is 2.71. The van der Waals surface area contributed by atoms with Crippen LogP contribution in [0, 0.1) is 0 Å². The molecule has 21 heavy (non-hydrogen) atoms. The lowest BCUT2D eigenvalue weighted by atomic mass is 10.0. The van der Waals surface area contributed by atoms with Gasteiger partial charge in [0.05, 0.1) is 13.2 Å². The van der Waals surface area contributed by atoms with Crippen LogP contribution in [0.5, 0.6) is 0 Å². The molecule has 2 heterocycles. The van der Waals surface area contributed by atoms with Crippen molar-refractivity contribution in [3.05, 3.63) is 48.0 Å². The number of hydrogen-bond acceptors (Lipinski definition) is 5. The average Bonchev–Trinajstić information content (AvgIpc) is 3.06. The highest BCUT2D eigenvalue weighted by molar-refractivity contribution is 6.20. The van der Waals surface area contributed by atoms with E-state index in [0.29, 0.717) is 6.54 Å². The van der Waals surface area contributed by atoms with Crippen LogP contribution in [0.15, 0.2) is 47.6 Å². The van der Waals surface area contributed by atoms with Crippen LogP contribution in [-0.2, 0) is 16.1 Å². The Morgan fingerprint density at radius 2 is 2.14 bits per heavy atom. The van der Waals surface area contributed by atoms with Crippen molar-refractivity contribution in [3.8, 4) is 0 Å². The lowest BCUT2D eigenvalue weighted by Gasteiger charge is -2.22. The van der Waals surface area contributed by atoms with Crippen LogP contribution in [0.3, 0.4) is 0 Å². The molecule has 6 heteroatoms. The van der Waals surface area contributed by atoms with E-state index in [-0.39, 0.29) is 24.8 Å². The predicted molar refractivity (Wildman–Crippen MR) is 74.9 cm³/mol. The number of aliphatic hydroxyl groups excluding tert-OH is 1. The Kier molecular flexibility index (Phi) is 3.48. The smallest absolute Gasteiger partial charge is 0.265 e. The molecule has 1 spiro atoms. The number of rotatable bonds is 3. The number of carbonyl (C=O) groups excluding carboxylic acids is 1. The van der Waals surface area contributed by atoms with E-state index in [1.807, 2.05) is 30.3 Å². The van der Waals surface area contributed by atoms with Gasteiger partial charge in [0.25, 0.3) is 5.91 Å². The van der Waals surface area contributed by atoms with Crippen molar-refractivity contribution in [2.45, 2.75) is 18.2 Å². The van der Waals surface area contributed by atoms with E-state index in [1.165, 1.54) is 0 Å². The lowest BCUT2D eigenvalue weighted by Crippen LogP contribution is -2.44. The van der Waals surface area contributed by atoms with E-state index >= 15 is 0 Å². The van der Waals surface area contributed by atoms with E-state index in [4.69, 9.17) is 9.84 Å². The molecule has 1 aromatic carbocycles. The number of carbonyl (C=O) groups is 1. The fourth-order valence-corrected chi connectivity index (χ4v) is 2.71. The van der Waals surface area contributed by atoms with Gasteiger partial charge in [-0.05, 0) is 11.6 Å². The number of likely N-dealkylation sites (tertiary alicyclic amines) is 1. The second kappa shape index (κ2) is 5.31. The van der Waals surface area contributed by atoms with E-state index in [2.05, 4.69) is 5.16 Å². The summed E-state index contributed by atoms with van der Waals surface area (Å²) < 4.78 is 5.60. The molecule has 1 fully saturated rings. The zero-order valence-corrected chi connectivity index (χ0v) is 11.3. The topological polar surface area (TPSA) is 82.4 Å². The number of nitrogens with zero attached hydrogens (tertiary/aromatic N) is 2. The van der Waals surface area contributed by atoms with Crippen LogP contribution in [0.2, 0.25) is 0 Å². The average molecular weight is 288 g/mol. The van der Waals surface area contributed by atoms with Gasteiger partial charge in [-0.3, -0.25) is 4.79 Å². The van der Waals surface area contributed by atoms with Crippen molar-refractivity contribution in [3.63, 3.8) is 0 Å². The van der Waals surface area contributed by atoms with E-state index in [9.17, 15) is 10.0 Å². The van der Waals surface area contributed by atoms with Gasteiger partial charge >= 0.3 is 0 Å². The number of hydrogen-bond donors (Lipinski definition) is 2. The summed E-state index contributed by atoms with van der Waals surface area (Å²) in [6, 6.07) is 9.57. The van der Waals surface area contributed by atoms with Gasteiger partial charge in [0.15, 0.2) is 0 Å². The Morgan fingerprint density at radius 1 is 1.38 bits per heavy atom. The number of aliphatic hydroxyl groups is 1. The van der Waals surface area contributed by atoms with Crippen molar-refractivity contribution < 1.29 is 19.8 Å². The molecule has 0 aromatic heterocycles. The van der Waals surface area contributed by atoms with Crippen LogP contribution in [0.4, 0.5) is 0 Å². The number of amides is 1. The molecule has 0 saturated carbocycles. The van der Waals surface area contributed by atoms with Gasteiger partial charge in [-0.25, -0.2) is 0 Å². The minimum absolute atomic E-state index is 0.201. The largest absolute Gasteiger partial charge is 0.411 e. The van der Waals surface area contributed by atoms with Crippen molar-refractivity contribution in [1.29, 1.82) is 0 Å². The molecule has 2 aliphatic rings. The van der Waals surface area contributed by atoms with Crippen molar-refractivity contribution >= 4 is 11.6 Å². The van der Waals surface area contributed by atoms with Crippen molar-refractivity contribution in [1.82, 2.24) is 4.90 Å². The first kappa shape index (κ1) is 13.8. The van der Waals surface area contributed by atoms with E-state index < -0.39 is 11.7 Å². The fraction of sp³-hybridized carbons (Fsp3) is 0.333. The number of benzene rings is 1. The van der Waals surface area contributed by atoms with Crippen molar-refractivity contribution in [2.24, 2.45) is 5.16 Å². The summed E-state index contributed by atoms with van der Waals surface area (Å²) in [7, 11) is 0. The summed E-state index contributed by atoms with van der Waals surface area (Å²) in [5, 5.41) is 21.6. The Morgan fingerprint density at radius 3 is 2.76 bits per heavy atom. The molecule has 1 aromatic rings. The van der Waals surface area contributed by atoms with Gasteiger partial charge < -0.3 is 20.0 Å². The monoisotopic (exact) mass is 288 g/mol. The molecule has 2 N–H and O–H groups in total. The minimum Gasteiger partial charge on any atom is -0.411 e. The molecule has 110 valence electrons. The SMILES string of the molecule is O=C1N(Cc2ccccc2)C/C(=N\O)[C@@]12C=C[C@@H](CO)O2. The molecular weight excluding hydrogens is 272 g/mol. The van der Waals surface area contributed by atoms with Crippen LogP contribution in [0.25, 0.3) is 0 Å². The van der Waals surface area contributed by atoms with Crippen molar-refractivity contribution in [2.75, 3.05) is 13.2 Å². The Bertz CT molecular complexity index is 599. The second-order valence-corrected chi connectivity index (χ2v) is 5.13. The van der Waals surface area contributed by atoms with Gasteiger partial charge in [0, 0.05) is 6.54 Å². The third kappa shape index (κ3) is 2.22. The summed E-state index contributed by atoms with van der Waals surface area (Å²) in [4.78, 5) is 14.2. The summed E-state index contributed by atoms with van der Waals surface area (Å²) in [6.45, 7) is 0.400. The maximum absolute atomic E-state index is 12.6. The number of oxime groups is 1. The van der Waals surface area contributed by atoms with Gasteiger partial charge in [-0.2, -0.15) is 0 Å². The summed E-state index contributed by atoms with van der Waals surface area (Å²) in [6.07, 6.45) is 2.63. The first-order valence-corrected chi connectivity index (χ1v) is 6.72.